The average Bonchev–Trinajstić information content (AvgIpc) is 2.14. The second kappa shape index (κ2) is 4.68. The second-order valence-corrected chi connectivity index (χ2v) is 4.80. The van der Waals surface area contributed by atoms with Crippen molar-refractivity contribution in [3.8, 4) is 5.75 Å². The number of hydrogen-bond acceptors (Lipinski definition) is 3. The van der Waals surface area contributed by atoms with Crippen molar-refractivity contribution in [3.05, 3.63) is 24.3 Å². The van der Waals surface area contributed by atoms with Gasteiger partial charge in [-0.25, -0.2) is 0 Å². The fraction of sp³-hybridized carbons (Fsp3) is 0.455. The van der Waals surface area contributed by atoms with Crippen LogP contribution in [0.3, 0.4) is 0 Å². The van der Waals surface area contributed by atoms with Gasteiger partial charge in [0, 0.05) is 0 Å². The molecule has 4 heteroatoms. The van der Waals surface area contributed by atoms with Crippen LogP contribution in [0.25, 0.3) is 0 Å². The lowest BCUT2D eigenvalue weighted by molar-refractivity contribution is 0.198. The number of rotatable bonds is 3. The highest BCUT2D eigenvalue weighted by atomic mass is 16.5. The third-order valence-electron chi connectivity index (χ3n) is 1.83. The lowest BCUT2D eigenvalue weighted by Crippen LogP contribution is -2.29. The normalized spacial score (nSPS) is 11.3. The van der Waals surface area contributed by atoms with Gasteiger partial charge in [0.15, 0.2) is 0 Å². The van der Waals surface area contributed by atoms with Crippen molar-refractivity contribution in [1.29, 1.82) is 0 Å². The fourth-order valence-electron chi connectivity index (χ4n) is 1.06. The van der Waals surface area contributed by atoms with Crippen LogP contribution in [0.5, 0.6) is 5.75 Å². The van der Waals surface area contributed by atoms with E-state index in [0.717, 1.165) is 0 Å². The quantitative estimate of drug-likeness (QED) is 0.722. The van der Waals surface area contributed by atoms with Gasteiger partial charge in [-0.2, -0.15) is 0 Å². The lowest BCUT2D eigenvalue weighted by Gasteiger charge is -2.19. The van der Waals surface area contributed by atoms with Crippen LogP contribution < -0.4 is 10.2 Å². The Morgan fingerprint density at radius 1 is 1.27 bits per heavy atom. The highest BCUT2D eigenvalue weighted by molar-refractivity contribution is 6.58. The summed E-state index contributed by atoms with van der Waals surface area (Å²) in [5.41, 5.74) is 0.537. The summed E-state index contributed by atoms with van der Waals surface area (Å²) in [4.78, 5) is 0. The van der Waals surface area contributed by atoms with Gasteiger partial charge in [0.2, 0.25) is 0 Å². The van der Waals surface area contributed by atoms with Crippen molar-refractivity contribution in [2.75, 3.05) is 6.61 Å². The second-order valence-electron chi connectivity index (χ2n) is 4.80. The summed E-state index contributed by atoms with van der Waals surface area (Å²) < 4.78 is 5.54. The Hall–Kier alpha value is -0.995. The smallest absolute Gasteiger partial charge is 0.488 e. The number of hydrogen-bond donors (Lipinski definition) is 2. The van der Waals surface area contributed by atoms with E-state index >= 15 is 0 Å². The van der Waals surface area contributed by atoms with E-state index in [4.69, 9.17) is 14.8 Å². The van der Waals surface area contributed by atoms with Gasteiger partial charge in [-0.1, -0.05) is 32.9 Å². The van der Waals surface area contributed by atoms with Crippen molar-refractivity contribution in [1.82, 2.24) is 0 Å². The molecule has 0 atom stereocenters. The van der Waals surface area contributed by atoms with Crippen molar-refractivity contribution in [2.45, 2.75) is 20.8 Å². The monoisotopic (exact) mass is 208 g/mol. The molecule has 0 aromatic heterocycles. The highest BCUT2D eigenvalue weighted by Crippen LogP contribution is 2.16. The zero-order valence-electron chi connectivity index (χ0n) is 9.40. The number of benzene rings is 1. The van der Waals surface area contributed by atoms with Gasteiger partial charge in [0.05, 0.1) is 6.61 Å². The van der Waals surface area contributed by atoms with Crippen LogP contribution in [0.4, 0.5) is 0 Å². The van der Waals surface area contributed by atoms with E-state index in [0.29, 0.717) is 17.8 Å². The van der Waals surface area contributed by atoms with Gasteiger partial charge in [-0.3, -0.25) is 0 Å². The molecule has 0 saturated carbocycles. The molecular formula is C11H17BO3. The first-order valence-corrected chi connectivity index (χ1v) is 4.97. The Balaban J connectivity index is 2.66. The Morgan fingerprint density at radius 3 is 2.47 bits per heavy atom. The summed E-state index contributed by atoms with van der Waals surface area (Å²) in [7, 11) is -1.44. The molecule has 0 amide bonds. The first-order valence-electron chi connectivity index (χ1n) is 4.97. The molecule has 0 spiro atoms. The third-order valence-corrected chi connectivity index (χ3v) is 1.83. The molecule has 0 bridgehead atoms. The molecule has 0 aliphatic carbocycles. The Bertz CT molecular complexity index is 318. The van der Waals surface area contributed by atoms with Crippen LogP contribution in [0.1, 0.15) is 20.8 Å². The van der Waals surface area contributed by atoms with Crippen LogP contribution >= 0.6 is 0 Å². The SMILES string of the molecule is CC(C)(C)COc1cccc(B(O)O)c1. The maximum atomic E-state index is 8.98. The minimum atomic E-state index is -1.44. The van der Waals surface area contributed by atoms with Crippen molar-refractivity contribution < 1.29 is 14.8 Å². The Labute approximate surface area is 90.9 Å². The van der Waals surface area contributed by atoms with E-state index in [1.54, 1.807) is 24.3 Å². The molecule has 0 radical (unpaired) electrons. The standard InChI is InChI=1S/C11H17BO3/c1-11(2,3)8-15-10-6-4-5-9(7-10)12(13)14/h4-7,13-14H,8H2,1-3H3. The van der Waals surface area contributed by atoms with Crippen molar-refractivity contribution in [2.24, 2.45) is 5.41 Å². The van der Waals surface area contributed by atoms with Gasteiger partial charge >= 0.3 is 7.12 Å². The van der Waals surface area contributed by atoms with Gasteiger partial charge in [-0.15, -0.1) is 0 Å². The molecule has 0 unspecified atom stereocenters. The number of ether oxygens (including phenoxy) is 1. The third kappa shape index (κ3) is 4.36. The summed E-state index contributed by atoms with van der Waals surface area (Å²) in [6, 6.07) is 6.83. The molecule has 15 heavy (non-hydrogen) atoms. The minimum Gasteiger partial charge on any atom is -0.493 e. The molecule has 0 heterocycles. The van der Waals surface area contributed by atoms with E-state index in [1.165, 1.54) is 0 Å². The van der Waals surface area contributed by atoms with Gasteiger partial charge in [0.1, 0.15) is 5.75 Å². The first-order chi connectivity index (χ1) is 6.88. The van der Waals surface area contributed by atoms with Crippen LogP contribution in [0, 0.1) is 5.41 Å². The summed E-state index contributed by atoms with van der Waals surface area (Å²) >= 11 is 0. The molecule has 0 aliphatic rings. The molecule has 0 aliphatic heterocycles. The predicted octanol–water partition coefficient (Wildman–Crippen LogP) is 0.791. The van der Waals surface area contributed by atoms with Gasteiger partial charge in [-0.05, 0) is 23.0 Å². The summed E-state index contributed by atoms with van der Waals surface area (Å²) in [6.07, 6.45) is 0. The van der Waals surface area contributed by atoms with E-state index < -0.39 is 7.12 Å². The largest absolute Gasteiger partial charge is 0.493 e. The summed E-state index contributed by atoms with van der Waals surface area (Å²) in [6.45, 7) is 6.84. The van der Waals surface area contributed by atoms with Crippen LogP contribution in [0.2, 0.25) is 0 Å². The van der Waals surface area contributed by atoms with Crippen molar-refractivity contribution >= 4 is 12.6 Å². The van der Waals surface area contributed by atoms with Crippen LogP contribution in [0.15, 0.2) is 24.3 Å². The topological polar surface area (TPSA) is 49.7 Å². The van der Waals surface area contributed by atoms with E-state index in [9.17, 15) is 0 Å². The van der Waals surface area contributed by atoms with Gasteiger partial charge < -0.3 is 14.8 Å². The molecule has 82 valence electrons. The highest BCUT2D eigenvalue weighted by Gasteiger charge is 2.13. The van der Waals surface area contributed by atoms with E-state index in [1.807, 2.05) is 0 Å². The van der Waals surface area contributed by atoms with E-state index in [-0.39, 0.29) is 5.41 Å². The molecule has 1 aromatic rings. The van der Waals surface area contributed by atoms with Crippen LogP contribution in [-0.4, -0.2) is 23.8 Å². The zero-order chi connectivity index (χ0) is 11.5. The zero-order valence-corrected chi connectivity index (χ0v) is 9.40. The Morgan fingerprint density at radius 2 is 1.93 bits per heavy atom. The molecule has 0 fully saturated rings. The molecule has 2 N–H and O–H groups in total. The fourth-order valence-corrected chi connectivity index (χ4v) is 1.06. The molecule has 1 rings (SSSR count). The molecule has 0 saturated heterocycles. The average molecular weight is 208 g/mol. The maximum absolute atomic E-state index is 8.98. The lowest BCUT2D eigenvalue weighted by atomic mass is 9.80. The summed E-state index contributed by atoms with van der Waals surface area (Å²) in [5, 5.41) is 18.0. The first kappa shape index (κ1) is 12.1. The predicted molar refractivity (Wildman–Crippen MR) is 61.2 cm³/mol. The molecule has 1 aromatic carbocycles. The van der Waals surface area contributed by atoms with Crippen LogP contribution in [-0.2, 0) is 0 Å². The summed E-state index contributed by atoms with van der Waals surface area (Å²) in [5.74, 6) is 0.663. The van der Waals surface area contributed by atoms with E-state index in [2.05, 4.69) is 20.8 Å². The maximum Gasteiger partial charge on any atom is 0.488 e. The van der Waals surface area contributed by atoms with Gasteiger partial charge in [0.25, 0.3) is 0 Å². The molecule has 3 nitrogen and oxygen atoms in total. The van der Waals surface area contributed by atoms with Crippen molar-refractivity contribution in [3.63, 3.8) is 0 Å². The molecular weight excluding hydrogens is 191 g/mol. The minimum absolute atomic E-state index is 0.0911. The Kier molecular flexibility index (Phi) is 3.77.